The highest BCUT2D eigenvalue weighted by Gasteiger charge is 2.20. The van der Waals surface area contributed by atoms with Gasteiger partial charge >= 0.3 is 0 Å². The number of aromatic nitrogens is 2. The fourth-order valence-electron chi connectivity index (χ4n) is 4.20. The quantitative estimate of drug-likeness (QED) is 0.334. The maximum Gasteiger partial charge on any atom is 0.260 e. The van der Waals surface area contributed by atoms with E-state index >= 15 is 0 Å². The molecule has 0 spiro atoms. The number of allylic oxidation sites excluding steroid dienone is 9. The number of nitrogens with one attached hydrogen (secondary N) is 2. The molecule has 1 amide bonds. The Hall–Kier alpha value is -4.50. The van der Waals surface area contributed by atoms with Crippen LogP contribution in [0.1, 0.15) is 19.2 Å². The second-order valence-corrected chi connectivity index (χ2v) is 9.44. The second kappa shape index (κ2) is 12.8. The van der Waals surface area contributed by atoms with Crippen LogP contribution in [-0.4, -0.2) is 71.7 Å². The largest absolute Gasteiger partial charge is 0.484 e. The summed E-state index contributed by atoms with van der Waals surface area (Å²) in [4.78, 5) is 26.4. The van der Waals surface area contributed by atoms with E-state index in [1.165, 1.54) is 6.21 Å². The number of hydrogen-bond acceptors (Lipinski definition) is 8. The average Bonchev–Trinajstić information content (AvgIpc) is 3.19. The first-order chi connectivity index (χ1) is 18.9. The van der Waals surface area contributed by atoms with Gasteiger partial charge in [-0.2, -0.15) is 0 Å². The number of piperazine rings is 1. The molecule has 1 aliphatic carbocycles. The molecule has 0 saturated carbocycles. The molecule has 0 radical (unpaired) electrons. The van der Waals surface area contributed by atoms with Crippen LogP contribution in [0.3, 0.4) is 0 Å². The Bertz CT molecular complexity index is 1410. The van der Waals surface area contributed by atoms with Crippen molar-refractivity contribution in [2.45, 2.75) is 13.3 Å². The molecule has 9 heteroatoms. The maximum atomic E-state index is 12.7. The van der Waals surface area contributed by atoms with Crippen LogP contribution in [0, 0.1) is 5.41 Å². The van der Waals surface area contributed by atoms with Crippen molar-refractivity contribution in [2.75, 3.05) is 45.2 Å². The van der Waals surface area contributed by atoms with Crippen molar-refractivity contribution < 1.29 is 9.53 Å². The molecule has 4 rings (SSSR count). The van der Waals surface area contributed by atoms with Gasteiger partial charge in [-0.3, -0.25) is 4.79 Å². The highest BCUT2D eigenvalue weighted by Crippen LogP contribution is 2.27. The van der Waals surface area contributed by atoms with Crippen molar-refractivity contribution in [3.63, 3.8) is 0 Å². The minimum absolute atomic E-state index is 0.0181. The molecule has 1 saturated heterocycles. The summed E-state index contributed by atoms with van der Waals surface area (Å²) in [6, 6.07) is 7.74. The van der Waals surface area contributed by atoms with E-state index in [1.54, 1.807) is 19.1 Å². The molecule has 202 valence electrons. The van der Waals surface area contributed by atoms with Crippen LogP contribution in [0.5, 0.6) is 0 Å². The number of ether oxygens (including phenoxy) is 1. The third-order valence-electron chi connectivity index (χ3n) is 6.54. The lowest BCUT2D eigenvalue weighted by molar-refractivity contribution is -0.136. The van der Waals surface area contributed by atoms with E-state index in [0.29, 0.717) is 53.9 Å². The third-order valence-corrected chi connectivity index (χ3v) is 6.54. The molecule has 0 bridgehead atoms. The van der Waals surface area contributed by atoms with E-state index in [0.717, 1.165) is 29.6 Å². The van der Waals surface area contributed by atoms with Crippen molar-refractivity contribution in [1.29, 1.82) is 5.41 Å². The molecular weight excluding hydrogens is 490 g/mol. The highest BCUT2D eigenvalue weighted by atomic mass is 16.5. The number of nitrogens with zero attached hydrogens (tertiary/aromatic N) is 4. The van der Waals surface area contributed by atoms with Gasteiger partial charge in [-0.1, -0.05) is 30.9 Å². The van der Waals surface area contributed by atoms with E-state index in [9.17, 15) is 4.79 Å². The van der Waals surface area contributed by atoms with Crippen molar-refractivity contribution in [2.24, 2.45) is 5.73 Å². The van der Waals surface area contributed by atoms with Crippen LogP contribution in [0.15, 0.2) is 90.0 Å². The van der Waals surface area contributed by atoms with Gasteiger partial charge in [0, 0.05) is 60.3 Å². The number of likely N-dealkylation sites (N-methyl/N-ethyl adjacent to an activating group) is 1. The highest BCUT2D eigenvalue weighted by molar-refractivity contribution is 5.92. The summed E-state index contributed by atoms with van der Waals surface area (Å²) < 4.78 is 5.93. The van der Waals surface area contributed by atoms with Gasteiger partial charge in [-0.25, -0.2) is 9.97 Å². The second-order valence-electron chi connectivity index (χ2n) is 9.44. The summed E-state index contributed by atoms with van der Waals surface area (Å²) in [5.41, 5.74) is 9.22. The monoisotopic (exact) mass is 525 g/mol. The van der Waals surface area contributed by atoms with Gasteiger partial charge in [0.2, 0.25) is 0 Å². The van der Waals surface area contributed by atoms with Crippen LogP contribution in [-0.2, 0) is 9.53 Å². The van der Waals surface area contributed by atoms with Crippen molar-refractivity contribution >= 4 is 34.4 Å². The molecule has 1 aliphatic heterocycles. The van der Waals surface area contributed by atoms with Gasteiger partial charge in [0.05, 0.1) is 5.52 Å². The minimum atomic E-state index is -0.0184. The molecule has 1 aromatic carbocycles. The third kappa shape index (κ3) is 7.08. The van der Waals surface area contributed by atoms with Gasteiger partial charge in [0.1, 0.15) is 11.6 Å². The fourth-order valence-corrected chi connectivity index (χ4v) is 4.20. The van der Waals surface area contributed by atoms with E-state index in [-0.39, 0.29) is 12.5 Å². The van der Waals surface area contributed by atoms with Crippen LogP contribution < -0.4 is 11.1 Å². The van der Waals surface area contributed by atoms with E-state index < -0.39 is 0 Å². The molecule has 4 N–H and O–H groups in total. The van der Waals surface area contributed by atoms with Crippen molar-refractivity contribution in [1.82, 2.24) is 19.8 Å². The molecule has 2 aliphatic rings. The summed E-state index contributed by atoms with van der Waals surface area (Å²) in [7, 11) is 2.06. The van der Waals surface area contributed by atoms with Crippen molar-refractivity contribution in [3.05, 3.63) is 95.9 Å². The van der Waals surface area contributed by atoms with Crippen LogP contribution in [0.2, 0.25) is 0 Å². The first-order valence-electron chi connectivity index (χ1n) is 12.9. The SMILES string of the molecule is C=C/C(=C\C(C=N)=C(/C)N)Nc1nc(C2=CCC=CC(OCC(=O)N3CCN(C)CC3)=C2)nc2ccccc12. The van der Waals surface area contributed by atoms with Gasteiger partial charge in [-0.15, -0.1) is 0 Å². The number of anilines is 1. The van der Waals surface area contributed by atoms with E-state index in [4.69, 9.17) is 25.8 Å². The molecule has 1 fully saturated rings. The number of para-hydroxylation sites is 1. The molecule has 0 unspecified atom stereocenters. The molecule has 0 atom stereocenters. The molecule has 2 heterocycles. The number of carbonyl (C=O) groups is 1. The van der Waals surface area contributed by atoms with Gasteiger partial charge < -0.3 is 31.0 Å². The standard InChI is InChI=1S/C30H35N7O2/c1-4-24(17-23(19-31)21(2)32)33-30-26-11-7-8-12-27(26)34-29(35-30)22-9-5-6-10-25(18-22)39-20-28(38)37-15-13-36(3)14-16-37/h4,6-12,17-19,31H,1,5,13-16,20,32H2,2-3H3,(H,33,34,35)/b23-21-,24-17+,31-19?. The Morgan fingerprint density at radius 1 is 1.23 bits per heavy atom. The van der Waals surface area contributed by atoms with Crippen LogP contribution >= 0.6 is 0 Å². The number of fused-ring (bicyclic) bond motifs is 1. The lowest BCUT2D eigenvalue weighted by atomic mass is 10.1. The summed E-state index contributed by atoms with van der Waals surface area (Å²) >= 11 is 0. The summed E-state index contributed by atoms with van der Waals surface area (Å²) in [5.74, 6) is 1.68. The molecule has 9 nitrogen and oxygen atoms in total. The topological polar surface area (TPSA) is 120 Å². The lowest BCUT2D eigenvalue weighted by Gasteiger charge is -2.32. The number of nitrogens with two attached hydrogens (primary N) is 1. The molecular formula is C30H35N7O2. The Morgan fingerprint density at radius 3 is 2.72 bits per heavy atom. The lowest BCUT2D eigenvalue weighted by Crippen LogP contribution is -2.48. The normalized spacial score (nSPS) is 17.1. The number of carbonyl (C=O) groups excluding carboxylic acids is 1. The summed E-state index contributed by atoms with van der Waals surface area (Å²) in [5, 5.41) is 11.8. The zero-order valence-corrected chi connectivity index (χ0v) is 22.5. The van der Waals surface area contributed by atoms with Crippen molar-refractivity contribution in [3.8, 4) is 0 Å². The van der Waals surface area contributed by atoms with Crippen LogP contribution in [0.25, 0.3) is 16.5 Å². The van der Waals surface area contributed by atoms with Crippen LogP contribution in [0.4, 0.5) is 5.82 Å². The maximum absolute atomic E-state index is 12.7. The Balaban J connectivity index is 1.60. The molecule has 2 aromatic rings. The first kappa shape index (κ1) is 27.5. The zero-order valence-electron chi connectivity index (χ0n) is 22.5. The molecule has 39 heavy (non-hydrogen) atoms. The summed E-state index contributed by atoms with van der Waals surface area (Å²) in [6.07, 6.45) is 13.0. The zero-order chi connectivity index (χ0) is 27.8. The van der Waals surface area contributed by atoms with Gasteiger partial charge in [0.15, 0.2) is 12.4 Å². The fraction of sp³-hybridized carbons (Fsp3) is 0.267. The van der Waals surface area contributed by atoms with E-state index in [1.807, 2.05) is 53.5 Å². The number of benzene rings is 1. The average molecular weight is 526 g/mol. The number of hydrogen-bond donors (Lipinski definition) is 3. The number of rotatable bonds is 9. The minimum Gasteiger partial charge on any atom is -0.484 e. The first-order valence-corrected chi connectivity index (χ1v) is 12.9. The Morgan fingerprint density at radius 2 is 2.00 bits per heavy atom. The predicted octanol–water partition coefficient (Wildman–Crippen LogP) is 4.01. The number of amides is 1. The Labute approximate surface area is 229 Å². The van der Waals surface area contributed by atoms with E-state index in [2.05, 4.69) is 23.8 Å². The van der Waals surface area contributed by atoms with Gasteiger partial charge in [0.25, 0.3) is 5.91 Å². The predicted molar refractivity (Wildman–Crippen MR) is 157 cm³/mol. The smallest absolute Gasteiger partial charge is 0.260 e. The van der Waals surface area contributed by atoms with Gasteiger partial charge in [-0.05, 0) is 56.8 Å². The summed E-state index contributed by atoms with van der Waals surface area (Å²) in [6.45, 7) is 8.78. The Kier molecular flexibility index (Phi) is 9.06. The molecule has 1 aromatic heterocycles.